The van der Waals surface area contributed by atoms with Gasteiger partial charge >= 0.3 is 6.18 Å². The minimum absolute atomic E-state index is 0.0133. The number of nitrogens with zero attached hydrogens (tertiary/aromatic N) is 3. The van der Waals surface area contributed by atoms with Crippen LogP contribution >= 0.6 is 11.6 Å². The second-order valence-electron chi connectivity index (χ2n) is 8.68. The van der Waals surface area contributed by atoms with Gasteiger partial charge in [0.2, 0.25) is 17.8 Å². The molecule has 1 amide bonds. The smallest absolute Gasteiger partial charge is 0.357 e. The number of hydrogen-bond donors (Lipinski definition) is 3. The number of rotatable bonds is 7. The van der Waals surface area contributed by atoms with Gasteiger partial charge in [-0.25, -0.2) is 0 Å². The third kappa shape index (κ3) is 6.63. The maximum atomic E-state index is 13.0. The third-order valence-electron chi connectivity index (χ3n) is 6.07. The summed E-state index contributed by atoms with van der Waals surface area (Å²) in [5.74, 6) is 1.08. The van der Waals surface area contributed by atoms with Gasteiger partial charge in [-0.1, -0.05) is 41.9 Å². The lowest BCUT2D eigenvalue weighted by Gasteiger charge is -2.28. The molecule has 11 heteroatoms. The Morgan fingerprint density at radius 3 is 2.36 bits per heavy atom. The Morgan fingerprint density at radius 2 is 1.69 bits per heavy atom. The van der Waals surface area contributed by atoms with Crippen molar-refractivity contribution in [3.05, 3.63) is 64.7 Å². The van der Waals surface area contributed by atoms with E-state index in [0.717, 1.165) is 30.5 Å². The SMILES string of the molecule is CNc1nc(NC2CCC(C(=O)NCc3cc(Cl)cc(C(F)(F)F)c3)CC2)nc(-c2ccccc2)n1. The number of aromatic nitrogens is 3. The second kappa shape index (κ2) is 11.1. The zero-order valence-electron chi connectivity index (χ0n) is 19.6. The highest BCUT2D eigenvalue weighted by Crippen LogP contribution is 2.32. The van der Waals surface area contributed by atoms with Crippen LogP contribution in [0.4, 0.5) is 25.1 Å². The molecule has 1 aliphatic rings. The van der Waals surface area contributed by atoms with Crippen LogP contribution in [0.15, 0.2) is 48.5 Å². The average molecular weight is 519 g/mol. The Morgan fingerprint density at radius 1 is 1.00 bits per heavy atom. The quantitative estimate of drug-likeness (QED) is 0.380. The molecule has 1 saturated carbocycles. The number of halogens is 4. The first-order chi connectivity index (χ1) is 17.2. The van der Waals surface area contributed by atoms with Gasteiger partial charge in [0.05, 0.1) is 5.56 Å². The Hall–Kier alpha value is -3.40. The van der Waals surface area contributed by atoms with Gasteiger partial charge in [-0.05, 0) is 49.4 Å². The van der Waals surface area contributed by atoms with E-state index >= 15 is 0 Å². The van der Waals surface area contributed by atoms with Crippen molar-refractivity contribution in [2.45, 2.75) is 44.4 Å². The van der Waals surface area contributed by atoms with E-state index < -0.39 is 11.7 Å². The van der Waals surface area contributed by atoms with Crippen LogP contribution in [0.5, 0.6) is 0 Å². The number of amides is 1. The van der Waals surface area contributed by atoms with E-state index in [1.807, 2.05) is 30.3 Å². The molecule has 36 heavy (non-hydrogen) atoms. The molecule has 0 saturated heterocycles. The average Bonchev–Trinajstić information content (AvgIpc) is 2.87. The van der Waals surface area contributed by atoms with Gasteiger partial charge in [-0.15, -0.1) is 0 Å². The van der Waals surface area contributed by atoms with E-state index in [-0.39, 0.29) is 29.4 Å². The van der Waals surface area contributed by atoms with Crippen LogP contribution < -0.4 is 16.0 Å². The molecule has 0 unspecified atom stereocenters. The fraction of sp³-hybridized carbons (Fsp3) is 0.360. The van der Waals surface area contributed by atoms with Crippen molar-refractivity contribution in [2.24, 2.45) is 5.92 Å². The molecule has 3 N–H and O–H groups in total. The van der Waals surface area contributed by atoms with Gasteiger partial charge in [-0.2, -0.15) is 28.1 Å². The van der Waals surface area contributed by atoms with Crippen molar-refractivity contribution < 1.29 is 18.0 Å². The first kappa shape index (κ1) is 25.7. The molecule has 2 aromatic carbocycles. The lowest BCUT2D eigenvalue weighted by atomic mass is 9.85. The summed E-state index contributed by atoms with van der Waals surface area (Å²) in [4.78, 5) is 26.0. The molecule has 1 aromatic heterocycles. The minimum Gasteiger partial charge on any atom is -0.357 e. The molecule has 1 fully saturated rings. The van der Waals surface area contributed by atoms with E-state index in [2.05, 4.69) is 30.9 Å². The number of hydrogen-bond acceptors (Lipinski definition) is 6. The molecule has 0 aliphatic heterocycles. The zero-order chi connectivity index (χ0) is 25.7. The lowest BCUT2D eigenvalue weighted by Crippen LogP contribution is -2.36. The third-order valence-corrected chi connectivity index (χ3v) is 6.29. The van der Waals surface area contributed by atoms with Crippen molar-refractivity contribution in [3.8, 4) is 11.4 Å². The van der Waals surface area contributed by atoms with Crippen LogP contribution in [0.3, 0.4) is 0 Å². The van der Waals surface area contributed by atoms with Crippen molar-refractivity contribution in [3.63, 3.8) is 0 Å². The van der Waals surface area contributed by atoms with E-state index in [4.69, 9.17) is 11.6 Å². The summed E-state index contributed by atoms with van der Waals surface area (Å²) in [6.07, 6.45) is -1.75. The number of alkyl halides is 3. The maximum absolute atomic E-state index is 13.0. The van der Waals surface area contributed by atoms with Crippen molar-refractivity contribution in [1.82, 2.24) is 20.3 Å². The van der Waals surface area contributed by atoms with Crippen LogP contribution in [0, 0.1) is 5.92 Å². The van der Waals surface area contributed by atoms with Crippen molar-refractivity contribution >= 4 is 29.4 Å². The fourth-order valence-corrected chi connectivity index (χ4v) is 4.46. The highest BCUT2D eigenvalue weighted by Gasteiger charge is 2.31. The summed E-state index contributed by atoms with van der Waals surface area (Å²) < 4.78 is 39.0. The monoisotopic (exact) mass is 518 g/mol. The van der Waals surface area contributed by atoms with Crippen molar-refractivity contribution in [1.29, 1.82) is 0 Å². The molecule has 190 valence electrons. The predicted molar refractivity (Wildman–Crippen MR) is 132 cm³/mol. The predicted octanol–water partition coefficient (Wildman–Crippen LogP) is 5.54. The molecule has 7 nitrogen and oxygen atoms in total. The van der Waals surface area contributed by atoms with Gasteiger partial charge < -0.3 is 16.0 Å². The van der Waals surface area contributed by atoms with Crippen LogP contribution in [-0.2, 0) is 17.5 Å². The van der Waals surface area contributed by atoms with Crippen LogP contribution in [0.25, 0.3) is 11.4 Å². The number of carbonyl (C=O) groups is 1. The summed E-state index contributed by atoms with van der Waals surface area (Å²) in [6.45, 7) is -0.0133. The van der Waals surface area contributed by atoms with Gasteiger partial charge in [0, 0.05) is 36.1 Å². The Labute approximate surface area is 211 Å². The van der Waals surface area contributed by atoms with E-state index in [0.29, 0.717) is 36.1 Å². The fourth-order valence-electron chi connectivity index (χ4n) is 4.20. The normalized spacial score (nSPS) is 17.9. The number of nitrogens with one attached hydrogen (secondary N) is 3. The first-order valence-corrected chi connectivity index (χ1v) is 12.0. The topological polar surface area (TPSA) is 91.8 Å². The Kier molecular flexibility index (Phi) is 7.93. The summed E-state index contributed by atoms with van der Waals surface area (Å²) in [5, 5.41) is 9.04. The Bertz CT molecular complexity index is 1200. The van der Waals surface area contributed by atoms with Crippen molar-refractivity contribution in [2.75, 3.05) is 17.7 Å². The molecule has 1 heterocycles. The Balaban J connectivity index is 1.32. The largest absolute Gasteiger partial charge is 0.416 e. The molecular formula is C25H26ClF3N6O. The molecule has 4 rings (SSSR count). The molecule has 1 aliphatic carbocycles. The maximum Gasteiger partial charge on any atom is 0.416 e. The highest BCUT2D eigenvalue weighted by molar-refractivity contribution is 6.30. The number of carbonyl (C=O) groups excluding carboxylic acids is 1. The molecule has 0 spiro atoms. The van der Waals surface area contributed by atoms with E-state index in [1.54, 1.807) is 7.05 Å². The first-order valence-electron chi connectivity index (χ1n) is 11.6. The zero-order valence-corrected chi connectivity index (χ0v) is 20.3. The van der Waals surface area contributed by atoms with Crippen LogP contribution in [0.1, 0.15) is 36.8 Å². The van der Waals surface area contributed by atoms with Gasteiger partial charge in [-0.3, -0.25) is 4.79 Å². The summed E-state index contributed by atoms with van der Waals surface area (Å²) in [7, 11) is 1.74. The van der Waals surface area contributed by atoms with Crippen LogP contribution in [0.2, 0.25) is 5.02 Å². The highest BCUT2D eigenvalue weighted by atomic mass is 35.5. The van der Waals surface area contributed by atoms with Gasteiger partial charge in [0.1, 0.15) is 0 Å². The number of benzene rings is 2. The number of anilines is 2. The molecule has 0 radical (unpaired) electrons. The van der Waals surface area contributed by atoms with E-state index in [1.165, 1.54) is 6.07 Å². The van der Waals surface area contributed by atoms with Gasteiger partial charge in [0.15, 0.2) is 5.82 Å². The molecule has 0 atom stereocenters. The lowest BCUT2D eigenvalue weighted by molar-refractivity contribution is -0.137. The summed E-state index contributed by atoms with van der Waals surface area (Å²) in [6, 6.07) is 13.0. The molecular weight excluding hydrogens is 493 g/mol. The summed E-state index contributed by atoms with van der Waals surface area (Å²) in [5.41, 5.74) is 0.353. The minimum atomic E-state index is -4.50. The van der Waals surface area contributed by atoms with E-state index in [9.17, 15) is 18.0 Å². The molecule has 3 aromatic rings. The van der Waals surface area contributed by atoms with Gasteiger partial charge in [0.25, 0.3) is 0 Å². The second-order valence-corrected chi connectivity index (χ2v) is 9.12. The summed E-state index contributed by atoms with van der Waals surface area (Å²) >= 11 is 5.83. The standard InChI is InChI=1S/C25H26ClF3N6O/c1-30-23-33-21(16-5-3-2-4-6-16)34-24(35-23)32-20-9-7-17(8-10-20)22(36)31-14-15-11-18(25(27,28)29)13-19(26)12-15/h2-6,11-13,17,20H,7-10,14H2,1H3,(H,31,36)(H2,30,32,33,34,35). The molecule has 0 bridgehead atoms. The van der Waals surface area contributed by atoms with Crippen LogP contribution in [-0.4, -0.2) is 33.9 Å².